The van der Waals surface area contributed by atoms with Crippen molar-refractivity contribution in [3.8, 4) is 11.3 Å². The summed E-state index contributed by atoms with van der Waals surface area (Å²) in [6.07, 6.45) is 3.48. The molecule has 158 valence electrons. The van der Waals surface area contributed by atoms with Crippen LogP contribution in [0.1, 0.15) is 28.9 Å². The van der Waals surface area contributed by atoms with Crippen molar-refractivity contribution in [1.82, 2.24) is 19.7 Å². The van der Waals surface area contributed by atoms with E-state index in [1.54, 1.807) is 0 Å². The van der Waals surface area contributed by atoms with E-state index in [-0.39, 0.29) is 17.7 Å². The molecule has 3 fully saturated rings. The van der Waals surface area contributed by atoms with Crippen molar-refractivity contribution in [3.63, 3.8) is 0 Å². The Morgan fingerprint density at radius 3 is 2.70 bits per heavy atom. The van der Waals surface area contributed by atoms with Gasteiger partial charge in [0.2, 0.25) is 5.91 Å². The molecule has 30 heavy (non-hydrogen) atoms. The summed E-state index contributed by atoms with van der Waals surface area (Å²) in [7, 11) is 2.07. The zero-order chi connectivity index (χ0) is 20.9. The molecule has 0 bridgehead atoms. The first-order chi connectivity index (χ1) is 14.5. The van der Waals surface area contributed by atoms with Crippen LogP contribution in [0.15, 0.2) is 35.1 Å². The number of likely N-dealkylation sites (tertiary alicyclic amines) is 3. The highest BCUT2D eigenvalue weighted by Crippen LogP contribution is 2.44. The van der Waals surface area contributed by atoms with Gasteiger partial charge < -0.3 is 19.1 Å². The van der Waals surface area contributed by atoms with Crippen LogP contribution in [0, 0.1) is 18.3 Å². The summed E-state index contributed by atoms with van der Waals surface area (Å²) in [5, 5.41) is 0. The van der Waals surface area contributed by atoms with Gasteiger partial charge in [-0.2, -0.15) is 0 Å². The highest BCUT2D eigenvalue weighted by molar-refractivity contribution is 5.98. The van der Waals surface area contributed by atoms with E-state index in [0.717, 1.165) is 43.6 Å². The van der Waals surface area contributed by atoms with Crippen molar-refractivity contribution in [3.05, 3.63) is 41.9 Å². The third-order valence-electron chi connectivity index (χ3n) is 6.94. The molecule has 0 unspecified atom stereocenters. The van der Waals surface area contributed by atoms with E-state index in [1.807, 2.05) is 41.0 Å². The van der Waals surface area contributed by atoms with Crippen LogP contribution in [-0.4, -0.2) is 77.8 Å². The molecular formula is C23H28N4O3. The molecule has 1 aromatic carbocycles. The standard InChI is InChI=1S/C23H28N4O3/c1-16-6-5-7-17(10-16)20-19(24-15-30-20)21(28)27-12-18-11-25(2)13-23(18,14-27)22(29)26-8-3-4-9-26/h5-7,10,15,18H,3-4,8-9,11-14H2,1-2H3/t18-,23-/m0/s1. The van der Waals surface area contributed by atoms with Gasteiger partial charge in [0.15, 0.2) is 17.8 Å². The van der Waals surface area contributed by atoms with E-state index in [0.29, 0.717) is 31.1 Å². The predicted molar refractivity (Wildman–Crippen MR) is 112 cm³/mol. The van der Waals surface area contributed by atoms with E-state index in [2.05, 4.69) is 16.9 Å². The van der Waals surface area contributed by atoms with E-state index >= 15 is 0 Å². The average molecular weight is 409 g/mol. The summed E-state index contributed by atoms with van der Waals surface area (Å²) in [5.74, 6) is 0.737. The summed E-state index contributed by atoms with van der Waals surface area (Å²) in [4.78, 5) is 37.3. The van der Waals surface area contributed by atoms with Crippen LogP contribution < -0.4 is 0 Å². The molecule has 3 aliphatic rings. The molecule has 7 heteroatoms. The number of aromatic nitrogens is 1. The largest absolute Gasteiger partial charge is 0.443 e. The first kappa shape index (κ1) is 19.3. The number of carbonyl (C=O) groups is 2. The van der Waals surface area contributed by atoms with Crippen molar-refractivity contribution < 1.29 is 14.0 Å². The normalized spacial score (nSPS) is 26.4. The zero-order valence-corrected chi connectivity index (χ0v) is 17.6. The SMILES string of the molecule is Cc1cccc(-c2ocnc2C(=O)N2C[C@@H]3CN(C)C[C@]3(C(=O)N3CCCC3)C2)c1. The fraction of sp³-hybridized carbons (Fsp3) is 0.522. The van der Waals surface area contributed by atoms with Crippen LogP contribution in [0.3, 0.4) is 0 Å². The minimum atomic E-state index is -0.498. The molecule has 2 amide bonds. The minimum absolute atomic E-state index is 0.147. The lowest BCUT2D eigenvalue weighted by atomic mass is 9.79. The Hall–Kier alpha value is -2.67. The number of benzene rings is 1. The first-order valence-electron chi connectivity index (χ1n) is 10.8. The monoisotopic (exact) mass is 408 g/mol. The van der Waals surface area contributed by atoms with Crippen LogP contribution in [-0.2, 0) is 4.79 Å². The molecule has 0 N–H and O–H groups in total. The molecule has 0 radical (unpaired) electrons. The summed E-state index contributed by atoms with van der Waals surface area (Å²) in [6, 6.07) is 7.87. The smallest absolute Gasteiger partial charge is 0.276 e. The molecule has 3 aliphatic heterocycles. The molecule has 4 heterocycles. The van der Waals surface area contributed by atoms with Crippen molar-refractivity contribution >= 4 is 11.8 Å². The van der Waals surface area contributed by atoms with Gasteiger partial charge in [0.1, 0.15) is 0 Å². The van der Waals surface area contributed by atoms with Gasteiger partial charge in [-0.15, -0.1) is 0 Å². The third-order valence-corrected chi connectivity index (χ3v) is 6.94. The Morgan fingerprint density at radius 2 is 1.93 bits per heavy atom. The third kappa shape index (κ3) is 3.03. The number of oxazole rings is 1. The molecule has 0 saturated carbocycles. The first-order valence-corrected chi connectivity index (χ1v) is 10.8. The van der Waals surface area contributed by atoms with Gasteiger partial charge in [0, 0.05) is 50.7 Å². The maximum Gasteiger partial charge on any atom is 0.276 e. The lowest BCUT2D eigenvalue weighted by molar-refractivity contribution is -0.141. The summed E-state index contributed by atoms with van der Waals surface area (Å²) >= 11 is 0. The van der Waals surface area contributed by atoms with E-state index in [4.69, 9.17) is 4.42 Å². The highest BCUT2D eigenvalue weighted by Gasteiger charge is 2.58. The lowest BCUT2D eigenvalue weighted by Crippen LogP contribution is -2.49. The molecule has 5 rings (SSSR count). The Labute approximate surface area is 176 Å². The minimum Gasteiger partial charge on any atom is -0.443 e. The quantitative estimate of drug-likeness (QED) is 0.779. The second kappa shape index (κ2) is 7.23. The molecule has 2 aromatic rings. The fourth-order valence-corrected chi connectivity index (χ4v) is 5.55. The number of nitrogens with zero attached hydrogens (tertiary/aromatic N) is 4. The van der Waals surface area contributed by atoms with Crippen molar-refractivity contribution in [1.29, 1.82) is 0 Å². The van der Waals surface area contributed by atoms with Gasteiger partial charge in [-0.05, 0) is 32.9 Å². The number of carbonyl (C=O) groups excluding carboxylic acids is 2. The van der Waals surface area contributed by atoms with E-state index < -0.39 is 5.41 Å². The van der Waals surface area contributed by atoms with Crippen LogP contribution in [0.5, 0.6) is 0 Å². The van der Waals surface area contributed by atoms with Crippen LogP contribution in [0.2, 0.25) is 0 Å². The summed E-state index contributed by atoms with van der Waals surface area (Å²) < 4.78 is 5.61. The Balaban J connectivity index is 1.42. The van der Waals surface area contributed by atoms with Gasteiger partial charge in [-0.1, -0.05) is 23.8 Å². The Kier molecular flexibility index (Phi) is 4.65. The molecule has 2 atom stereocenters. The predicted octanol–water partition coefficient (Wildman–Crippen LogP) is 2.28. The van der Waals surface area contributed by atoms with Gasteiger partial charge >= 0.3 is 0 Å². The second-order valence-corrected chi connectivity index (χ2v) is 9.13. The van der Waals surface area contributed by atoms with Gasteiger partial charge in [0.05, 0.1) is 5.41 Å². The highest BCUT2D eigenvalue weighted by atomic mass is 16.3. The van der Waals surface area contributed by atoms with E-state index in [9.17, 15) is 9.59 Å². The zero-order valence-electron chi connectivity index (χ0n) is 17.6. The Bertz CT molecular complexity index is 980. The van der Waals surface area contributed by atoms with Gasteiger partial charge in [0.25, 0.3) is 5.91 Å². The Morgan fingerprint density at radius 1 is 1.13 bits per heavy atom. The molecule has 1 aromatic heterocycles. The fourth-order valence-electron chi connectivity index (χ4n) is 5.55. The van der Waals surface area contributed by atoms with Crippen molar-refractivity contribution in [2.75, 3.05) is 46.3 Å². The topological polar surface area (TPSA) is 69.9 Å². The number of hydrogen-bond acceptors (Lipinski definition) is 5. The van der Waals surface area contributed by atoms with Crippen molar-refractivity contribution in [2.24, 2.45) is 11.3 Å². The second-order valence-electron chi connectivity index (χ2n) is 9.13. The average Bonchev–Trinajstić information content (AvgIpc) is 3.49. The van der Waals surface area contributed by atoms with Crippen molar-refractivity contribution in [2.45, 2.75) is 19.8 Å². The molecular weight excluding hydrogens is 380 g/mol. The molecule has 3 saturated heterocycles. The molecule has 7 nitrogen and oxygen atoms in total. The van der Waals surface area contributed by atoms with Crippen LogP contribution >= 0.6 is 0 Å². The number of rotatable bonds is 3. The van der Waals surface area contributed by atoms with Crippen LogP contribution in [0.4, 0.5) is 0 Å². The summed E-state index contributed by atoms with van der Waals surface area (Å²) in [5.41, 5.74) is 1.77. The van der Waals surface area contributed by atoms with Gasteiger partial charge in [-0.25, -0.2) is 4.98 Å². The number of hydrogen-bond donors (Lipinski definition) is 0. The maximum absolute atomic E-state index is 13.5. The number of aryl methyl sites for hydroxylation is 1. The van der Waals surface area contributed by atoms with Gasteiger partial charge in [-0.3, -0.25) is 9.59 Å². The van der Waals surface area contributed by atoms with Crippen LogP contribution in [0.25, 0.3) is 11.3 Å². The maximum atomic E-state index is 13.5. The number of amides is 2. The molecule has 0 aliphatic carbocycles. The van der Waals surface area contributed by atoms with E-state index in [1.165, 1.54) is 6.39 Å². The number of fused-ring (bicyclic) bond motifs is 1. The summed E-state index contributed by atoms with van der Waals surface area (Å²) in [6.45, 7) is 6.27. The lowest BCUT2D eigenvalue weighted by Gasteiger charge is -2.32. The molecule has 0 spiro atoms.